The summed E-state index contributed by atoms with van der Waals surface area (Å²) in [6.45, 7) is 3.98. The molecule has 1 aromatic carbocycles. The molecule has 0 aliphatic carbocycles. The molecule has 0 amide bonds. The first-order valence-corrected chi connectivity index (χ1v) is 6.22. The molecule has 98 valence electrons. The highest BCUT2D eigenvalue weighted by atomic mass is 15.1. The molecule has 0 saturated carbocycles. The quantitative estimate of drug-likeness (QED) is 0.731. The lowest BCUT2D eigenvalue weighted by molar-refractivity contribution is 1.01. The zero-order chi connectivity index (χ0) is 14.3. The monoisotopic (exact) mass is 263 g/mol. The summed E-state index contributed by atoms with van der Waals surface area (Å²) in [5.41, 5.74) is 10.1. The van der Waals surface area contributed by atoms with Crippen LogP contribution in [0.5, 0.6) is 0 Å². The molecule has 5 nitrogen and oxygen atoms in total. The highest BCUT2D eigenvalue weighted by molar-refractivity contribution is 5.92. The Balaban J connectivity index is 2.47. The number of rotatable bonds is 1. The number of nitrogens with two attached hydrogens (primary N) is 1. The van der Waals surface area contributed by atoms with E-state index in [4.69, 9.17) is 5.73 Å². The molecule has 2 N–H and O–H groups in total. The molecule has 0 fully saturated rings. The van der Waals surface area contributed by atoms with Crippen molar-refractivity contribution in [3.05, 3.63) is 47.4 Å². The number of benzene rings is 1. The number of anilines is 1. The molecule has 0 saturated heterocycles. The Morgan fingerprint density at radius 3 is 2.70 bits per heavy atom. The molecule has 0 aliphatic heterocycles. The fourth-order valence-electron chi connectivity index (χ4n) is 2.48. The smallest absolute Gasteiger partial charge is 0.150 e. The molecule has 0 aliphatic rings. The predicted octanol–water partition coefficient (Wildman–Crippen LogP) is 2.49. The number of aryl methyl sites for hydroxylation is 1. The molecular weight excluding hydrogens is 250 g/mol. The molecule has 2 heterocycles. The molecule has 3 aromatic rings. The van der Waals surface area contributed by atoms with Gasteiger partial charge in [0, 0.05) is 5.69 Å². The van der Waals surface area contributed by atoms with Crippen LogP contribution in [0, 0.1) is 25.2 Å². The first-order chi connectivity index (χ1) is 9.65. The van der Waals surface area contributed by atoms with Crippen LogP contribution in [0.3, 0.4) is 0 Å². The second-order valence-electron chi connectivity index (χ2n) is 4.63. The Hall–Kier alpha value is -2.87. The van der Waals surface area contributed by atoms with Crippen molar-refractivity contribution >= 4 is 16.9 Å². The first kappa shape index (κ1) is 12.2. The van der Waals surface area contributed by atoms with Gasteiger partial charge in [-0.25, -0.2) is 9.97 Å². The predicted molar refractivity (Wildman–Crippen MR) is 77.5 cm³/mol. The van der Waals surface area contributed by atoms with Gasteiger partial charge in [-0.1, -0.05) is 12.1 Å². The van der Waals surface area contributed by atoms with E-state index in [0.29, 0.717) is 11.4 Å². The minimum absolute atomic E-state index is 0.462. The van der Waals surface area contributed by atoms with Gasteiger partial charge in [0.25, 0.3) is 0 Å². The normalized spacial score (nSPS) is 10.7. The molecule has 0 unspecified atom stereocenters. The Bertz CT molecular complexity index is 855. The zero-order valence-corrected chi connectivity index (χ0v) is 11.3. The van der Waals surface area contributed by atoms with Crippen molar-refractivity contribution < 1.29 is 0 Å². The number of para-hydroxylation sites is 1. The van der Waals surface area contributed by atoms with Crippen molar-refractivity contribution in [1.82, 2.24) is 14.5 Å². The number of nitriles is 1. The van der Waals surface area contributed by atoms with Crippen LogP contribution in [0.4, 0.5) is 5.82 Å². The van der Waals surface area contributed by atoms with Crippen molar-refractivity contribution in [2.45, 2.75) is 13.8 Å². The van der Waals surface area contributed by atoms with E-state index in [1.165, 1.54) is 6.33 Å². The molecule has 0 atom stereocenters. The maximum absolute atomic E-state index is 9.28. The van der Waals surface area contributed by atoms with Gasteiger partial charge in [-0.2, -0.15) is 5.26 Å². The molecule has 5 heteroatoms. The van der Waals surface area contributed by atoms with Crippen molar-refractivity contribution in [3.63, 3.8) is 0 Å². The minimum Gasteiger partial charge on any atom is -0.383 e. The van der Waals surface area contributed by atoms with Crippen LogP contribution < -0.4 is 5.73 Å². The van der Waals surface area contributed by atoms with Crippen molar-refractivity contribution in [3.8, 4) is 11.8 Å². The summed E-state index contributed by atoms with van der Waals surface area (Å²) in [6.07, 6.45) is 1.45. The van der Waals surface area contributed by atoms with Gasteiger partial charge in [0.15, 0.2) is 5.65 Å². The van der Waals surface area contributed by atoms with E-state index in [0.717, 1.165) is 28.0 Å². The summed E-state index contributed by atoms with van der Waals surface area (Å²) in [5.74, 6) is 0.462. The Morgan fingerprint density at radius 1 is 1.20 bits per heavy atom. The molecule has 0 spiro atoms. The largest absolute Gasteiger partial charge is 0.383 e. The lowest BCUT2D eigenvalue weighted by Crippen LogP contribution is -2.01. The zero-order valence-electron chi connectivity index (χ0n) is 11.3. The fourth-order valence-corrected chi connectivity index (χ4v) is 2.48. The minimum atomic E-state index is 0.462. The standard InChI is InChI=1S/C15H13N5/c1-9-10(2)20(12-6-4-3-5-11(12)7-16)15-13(9)14(17)18-8-19-15/h3-6,8H,1-2H3,(H2,17,18,19). The summed E-state index contributed by atoms with van der Waals surface area (Å²) in [6, 6.07) is 9.66. The molecule has 3 rings (SSSR count). The third-order valence-electron chi connectivity index (χ3n) is 3.59. The van der Waals surface area contributed by atoms with Gasteiger partial charge in [-0.05, 0) is 31.5 Å². The summed E-state index contributed by atoms with van der Waals surface area (Å²) >= 11 is 0. The second-order valence-corrected chi connectivity index (χ2v) is 4.63. The van der Waals surface area contributed by atoms with E-state index < -0.39 is 0 Å². The molecular formula is C15H13N5. The Morgan fingerprint density at radius 2 is 1.95 bits per heavy atom. The van der Waals surface area contributed by atoms with Crippen LogP contribution in [0.25, 0.3) is 16.7 Å². The number of aromatic nitrogens is 3. The van der Waals surface area contributed by atoms with Crippen molar-refractivity contribution in [1.29, 1.82) is 5.26 Å². The Labute approximate surface area is 116 Å². The maximum atomic E-state index is 9.28. The van der Waals surface area contributed by atoms with Gasteiger partial charge in [0.2, 0.25) is 0 Å². The van der Waals surface area contributed by atoms with Crippen LogP contribution in [-0.4, -0.2) is 14.5 Å². The average molecular weight is 263 g/mol. The van der Waals surface area contributed by atoms with E-state index in [9.17, 15) is 5.26 Å². The van der Waals surface area contributed by atoms with E-state index in [2.05, 4.69) is 16.0 Å². The van der Waals surface area contributed by atoms with Crippen LogP contribution in [0.15, 0.2) is 30.6 Å². The lowest BCUT2D eigenvalue weighted by atomic mass is 10.2. The number of hydrogen-bond donors (Lipinski definition) is 1. The maximum Gasteiger partial charge on any atom is 0.150 e. The number of nitrogens with zero attached hydrogens (tertiary/aromatic N) is 4. The van der Waals surface area contributed by atoms with Gasteiger partial charge in [-0.3, -0.25) is 4.57 Å². The molecule has 0 radical (unpaired) electrons. The van der Waals surface area contributed by atoms with Crippen LogP contribution >= 0.6 is 0 Å². The van der Waals surface area contributed by atoms with E-state index >= 15 is 0 Å². The Kier molecular flexibility index (Phi) is 2.65. The third kappa shape index (κ3) is 1.55. The van der Waals surface area contributed by atoms with E-state index in [1.807, 2.05) is 36.6 Å². The second kappa shape index (κ2) is 4.35. The molecule has 20 heavy (non-hydrogen) atoms. The highest BCUT2D eigenvalue weighted by Crippen LogP contribution is 2.30. The van der Waals surface area contributed by atoms with Crippen LogP contribution in [0.2, 0.25) is 0 Å². The van der Waals surface area contributed by atoms with Gasteiger partial charge < -0.3 is 5.73 Å². The molecule has 2 aromatic heterocycles. The summed E-state index contributed by atoms with van der Waals surface area (Å²) in [7, 11) is 0. The van der Waals surface area contributed by atoms with Crippen LogP contribution in [-0.2, 0) is 0 Å². The summed E-state index contributed by atoms with van der Waals surface area (Å²) in [4.78, 5) is 8.39. The fraction of sp³-hybridized carbons (Fsp3) is 0.133. The molecule has 0 bridgehead atoms. The topological polar surface area (TPSA) is 80.5 Å². The highest BCUT2D eigenvalue weighted by Gasteiger charge is 2.17. The average Bonchev–Trinajstić information content (AvgIpc) is 2.72. The lowest BCUT2D eigenvalue weighted by Gasteiger charge is -2.09. The summed E-state index contributed by atoms with van der Waals surface area (Å²) < 4.78 is 1.96. The number of fused-ring (bicyclic) bond motifs is 1. The number of hydrogen-bond acceptors (Lipinski definition) is 4. The van der Waals surface area contributed by atoms with E-state index in [-0.39, 0.29) is 0 Å². The van der Waals surface area contributed by atoms with Crippen molar-refractivity contribution in [2.75, 3.05) is 5.73 Å². The van der Waals surface area contributed by atoms with Crippen molar-refractivity contribution in [2.24, 2.45) is 0 Å². The van der Waals surface area contributed by atoms with Gasteiger partial charge in [-0.15, -0.1) is 0 Å². The van der Waals surface area contributed by atoms with E-state index in [1.54, 1.807) is 6.07 Å². The summed E-state index contributed by atoms with van der Waals surface area (Å²) in [5, 5.41) is 10.1. The first-order valence-electron chi connectivity index (χ1n) is 6.22. The van der Waals surface area contributed by atoms with Gasteiger partial charge in [0.05, 0.1) is 16.6 Å². The SMILES string of the molecule is Cc1c(C)n(-c2ccccc2C#N)c2ncnc(N)c12. The van der Waals surface area contributed by atoms with Gasteiger partial charge in [0.1, 0.15) is 18.2 Å². The third-order valence-corrected chi connectivity index (χ3v) is 3.59. The number of nitrogen functional groups attached to an aromatic ring is 1. The van der Waals surface area contributed by atoms with Crippen LogP contribution in [0.1, 0.15) is 16.8 Å². The van der Waals surface area contributed by atoms with Gasteiger partial charge >= 0.3 is 0 Å².